The van der Waals surface area contributed by atoms with Gasteiger partial charge in [-0.1, -0.05) is 0 Å². The average Bonchev–Trinajstić information content (AvgIpc) is 3.14. The second-order valence-electron chi connectivity index (χ2n) is 10.9. The number of carbonyl (C=O) groups is 2. The lowest BCUT2D eigenvalue weighted by molar-refractivity contribution is -0.254. The van der Waals surface area contributed by atoms with E-state index >= 15 is 0 Å². The molecule has 2 amide bonds. The third kappa shape index (κ3) is 5.59. The summed E-state index contributed by atoms with van der Waals surface area (Å²) in [4.78, 5) is 27.6. The second-order valence-corrected chi connectivity index (χ2v) is 10.9. The van der Waals surface area contributed by atoms with Gasteiger partial charge >= 0.3 is 12.3 Å². The van der Waals surface area contributed by atoms with Crippen LogP contribution < -0.4 is 0 Å². The van der Waals surface area contributed by atoms with Crippen molar-refractivity contribution in [2.45, 2.75) is 95.7 Å². The van der Waals surface area contributed by atoms with Gasteiger partial charge in [-0.25, -0.2) is 13.6 Å². The maximum Gasteiger partial charge on any atom is 0.419 e. The molecular formula is C24H31F5N2O5. The van der Waals surface area contributed by atoms with Gasteiger partial charge in [0.25, 0.3) is 0 Å². The van der Waals surface area contributed by atoms with Crippen molar-refractivity contribution >= 4 is 12.0 Å². The van der Waals surface area contributed by atoms with E-state index in [1.165, 1.54) is 25.7 Å². The van der Waals surface area contributed by atoms with Crippen molar-refractivity contribution in [2.75, 3.05) is 6.54 Å². The summed E-state index contributed by atoms with van der Waals surface area (Å²) in [5.74, 6) is -2.22. The number of ether oxygens (including phenoxy) is 2. The molecule has 2 aliphatic heterocycles. The van der Waals surface area contributed by atoms with Gasteiger partial charge in [0.05, 0.1) is 18.6 Å². The average molecular weight is 523 g/mol. The van der Waals surface area contributed by atoms with Gasteiger partial charge < -0.3 is 19.5 Å². The van der Waals surface area contributed by atoms with Crippen LogP contribution in [0.4, 0.5) is 26.7 Å². The third-order valence-electron chi connectivity index (χ3n) is 6.34. The maximum atomic E-state index is 13.9. The number of hydrogen-bond donors (Lipinski definition) is 1. The molecule has 0 aliphatic carbocycles. The molecule has 2 heterocycles. The van der Waals surface area contributed by atoms with Gasteiger partial charge in [0, 0.05) is 19.4 Å². The van der Waals surface area contributed by atoms with E-state index in [2.05, 4.69) is 0 Å². The highest BCUT2D eigenvalue weighted by Gasteiger charge is 2.65. The summed E-state index contributed by atoms with van der Waals surface area (Å²) in [6.45, 7) is 7.81. The number of carbonyl (C=O) groups excluding carboxylic acids is 2. The number of β-amino-alcohol motifs (C(OH)–C–C–N with tert-alkyl or cyclic N) is 1. The largest absolute Gasteiger partial charge is 0.444 e. The standard InChI is InChI=1S/C24H31F5N2O5/c1-13(32)31-17(9-14-7-15(25)10-16(26)8-14)19(35-22(31,5)6)18-11-23(34,24(27,28)29)12-30(18)20(33)36-21(2,3)4/h7-8,10,17-19,34H,9,11-12H2,1-6H3. The Morgan fingerprint density at radius 2 is 1.69 bits per heavy atom. The van der Waals surface area contributed by atoms with Crippen molar-refractivity contribution in [3.63, 3.8) is 0 Å². The first-order valence-electron chi connectivity index (χ1n) is 11.5. The predicted octanol–water partition coefficient (Wildman–Crippen LogP) is 4.16. The van der Waals surface area contributed by atoms with Crippen LogP contribution in [0.15, 0.2) is 18.2 Å². The number of halogens is 5. The van der Waals surface area contributed by atoms with E-state index < -0.39 is 77.9 Å². The van der Waals surface area contributed by atoms with E-state index in [1.807, 2.05) is 0 Å². The topological polar surface area (TPSA) is 79.3 Å². The van der Waals surface area contributed by atoms with E-state index in [-0.39, 0.29) is 12.0 Å². The minimum absolute atomic E-state index is 0.142. The summed E-state index contributed by atoms with van der Waals surface area (Å²) in [6.07, 6.45) is -8.51. The number of nitrogens with zero attached hydrogens (tertiary/aromatic N) is 2. The van der Waals surface area contributed by atoms with Crippen molar-refractivity contribution in [1.29, 1.82) is 0 Å². The molecule has 1 N–H and O–H groups in total. The SMILES string of the molecule is CC(=O)N1C(Cc2cc(F)cc(F)c2)C(C2CC(O)(C(F)(F)F)CN2C(=O)OC(C)(C)C)OC1(C)C. The van der Waals surface area contributed by atoms with E-state index in [0.29, 0.717) is 6.07 Å². The number of amides is 2. The Morgan fingerprint density at radius 3 is 2.17 bits per heavy atom. The molecule has 3 rings (SSSR count). The summed E-state index contributed by atoms with van der Waals surface area (Å²) < 4.78 is 80.7. The molecule has 1 aromatic carbocycles. The van der Waals surface area contributed by atoms with Gasteiger partial charge in [-0.3, -0.25) is 9.69 Å². The van der Waals surface area contributed by atoms with Crippen LogP contribution in [0.3, 0.4) is 0 Å². The van der Waals surface area contributed by atoms with Crippen molar-refractivity contribution in [1.82, 2.24) is 9.80 Å². The van der Waals surface area contributed by atoms with Gasteiger partial charge in [0.1, 0.15) is 29.1 Å². The molecule has 36 heavy (non-hydrogen) atoms. The first kappa shape index (κ1) is 28.1. The molecule has 2 aliphatic rings. The zero-order valence-corrected chi connectivity index (χ0v) is 20.9. The molecule has 0 bridgehead atoms. The van der Waals surface area contributed by atoms with Crippen LogP contribution in [0.1, 0.15) is 53.5 Å². The molecule has 4 unspecified atom stereocenters. The number of hydrogen-bond acceptors (Lipinski definition) is 5. The number of benzene rings is 1. The summed E-state index contributed by atoms with van der Waals surface area (Å²) in [7, 11) is 0. The molecule has 7 nitrogen and oxygen atoms in total. The lowest BCUT2D eigenvalue weighted by atomic mass is 9.91. The Morgan fingerprint density at radius 1 is 1.14 bits per heavy atom. The minimum Gasteiger partial charge on any atom is -0.444 e. The predicted molar refractivity (Wildman–Crippen MR) is 118 cm³/mol. The molecule has 4 atom stereocenters. The molecule has 12 heteroatoms. The fourth-order valence-electron chi connectivity index (χ4n) is 5.08. The highest BCUT2D eigenvalue weighted by molar-refractivity contribution is 5.75. The van der Waals surface area contributed by atoms with Crippen molar-refractivity contribution in [2.24, 2.45) is 0 Å². The monoisotopic (exact) mass is 522 g/mol. The fraction of sp³-hybridized carbons (Fsp3) is 0.667. The van der Waals surface area contributed by atoms with Crippen LogP contribution >= 0.6 is 0 Å². The van der Waals surface area contributed by atoms with E-state index in [1.54, 1.807) is 20.8 Å². The van der Waals surface area contributed by atoms with Crippen LogP contribution in [-0.4, -0.2) is 74.7 Å². The van der Waals surface area contributed by atoms with Gasteiger partial charge in [-0.05, 0) is 58.7 Å². The lowest BCUT2D eigenvalue weighted by Crippen LogP contribution is -2.52. The Labute approximate surface area is 206 Å². The quantitative estimate of drug-likeness (QED) is 0.604. The summed E-state index contributed by atoms with van der Waals surface area (Å²) in [6, 6.07) is 0.401. The molecule has 0 spiro atoms. The lowest BCUT2D eigenvalue weighted by Gasteiger charge is -2.34. The minimum atomic E-state index is -5.07. The van der Waals surface area contributed by atoms with Crippen LogP contribution in [-0.2, 0) is 20.7 Å². The van der Waals surface area contributed by atoms with Gasteiger partial charge in [0.15, 0.2) is 5.60 Å². The summed E-state index contributed by atoms with van der Waals surface area (Å²) in [5.41, 5.74) is -5.48. The van der Waals surface area contributed by atoms with Gasteiger partial charge in [0.2, 0.25) is 5.91 Å². The second kappa shape index (κ2) is 9.13. The number of likely N-dealkylation sites (tertiary alicyclic amines) is 1. The van der Waals surface area contributed by atoms with E-state index in [4.69, 9.17) is 9.47 Å². The zero-order valence-electron chi connectivity index (χ0n) is 20.9. The molecule has 202 valence electrons. The Balaban J connectivity index is 2.08. The molecule has 2 fully saturated rings. The normalized spacial score (nSPS) is 28.5. The zero-order chi connectivity index (χ0) is 27.4. The van der Waals surface area contributed by atoms with Crippen LogP contribution in [0.5, 0.6) is 0 Å². The van der Waals surface area contributed by atoms with Crippen LogP contribution in [0.2, 0.25) is 0 Å². The first-order valence-corrected chi connectivity index (χ1v) is 11.5. The van der Waals surface area contributed by atoms with Crippen molar-refractivity contribution in [3.05, 3.63) is 35.4 Å². The molecule has 0 saturated carbocycles. The number of alkyl halides is 3. The molecule has 0 aromatic heterocycles. The smallest absolute Gasteiger partial charge is 0.419 e. The van der Waals surface area contributed by atoms with Crippen LogP contribution in [0.25, 0.3) is 0 Å². The number of aliphatic hydroxyl groups is 1. The van der Waals surface area contributed by atoms with Gasteiger partial charge in [-0.15, -0.1) is 0 Å². The maximum absolute atomic E-state index is 13.9. The van der Waals surface area contributed by atoms with Crippen molar-refractivity contribution < 1.29 is 46.1 Å². The summed E-state index contributed by atoms with van der Waals surface area (Å²) in [5, 5.41) is 10.5. The molecule has 1 aromatic rings. The highest BCUT2D eigenvalue weighted by Crippen LogP contribution is 2.46. The third-order valence-corrected chi connectivity index (χ3v) is 6.34. The Bertz CT molecular complexity index is 1000. The van der Waals surface area contributed by atoms with E-state index in [9.17, 15) is 36.6 Å². The Kier molecular flexibility index (Phi) is 7.12. The number of rotatable bonds is 3. The molecule has 0 radical (unpaired) electrons. The molecular weight excluding hydrogens is 491 g/mol. The highest BCUT2D eigenvalue weighted by atomic mass is 19.4. The van der Waals surface area contributed by atoms with E-state index in [0.717, 1.165) is 17.0 Å². The van der Waals surface area contributed by atoms with Gasteiger partial charge in [-0.2, -0.15) is 13.2 Å². The fourth-order valence-corrected chi connectivity index (χ4v) is 5.08. The van der Waals surface area contributed by atoms with Crippen LogP contribution in [0, 0.1) is 11.6 Å². The molecule has 2 saturated heterocycles. The summed E-state index contributed by atoms with van der Waals surface area (Å²) >= 11 is 0. The Hall–Kier alpha value is -2.47. The first-order chi connectivity index (χ1) is 16.2. The van der Waals surface area contributed by atoms with Crippen molar-refractivity contribution in [3.8, 4) is 0 Å².